The third kappa shape index (κ3) is 6.18. The summed E-state index contributed by atoms with van der Waals surface area (Å²) in [5.74, 6) is 0.689. The summed E-state index contributed by atoms with van der Waals surface area (Å²) >= 11 is 1.85. The van der Waals surface area contributed by atoms with Crippen LogP contribution in [0.1, 0.15) is 0 Å². The molecule has 0 aliphatic heterocycles. The summed E-state index contributed by atoms with van der Waals surface area (Å²) in [5.41, 5.74) is 11.9. The fourth-order valence-electron chi connectivity index (χ4n) is 9.09. The molecule has 3 heteroatoms. The molecule has 0 bridgehead atoms. The van der Waals surface area contributed by atoms with Gasteiger partial charge in [0, 0.05) is 36.9 Å². The highest BCUT2D eigenvalue weighted by Crippen LogP contribution is 2.41. The molecule has 0 saturated carbocycles. The van der Waals surface area contributed by atoms with Gasteiger partial charge in [0.15, 0.2) is 5.82 Å². The predicted octanol–water partition coefficient (Wildman–Crippen LogP) is 16.3. The molecule has 284 valence electrons. The van der Waals surface area contributed by atoms with Crippen LogP contribution in [-0.4, -0.2) is 9.97 Å². The predicted molar refractivity (Wildman–Crippen MR) is 260 cm³/mol. The third-order valence-corrected chi connectivity index (χ3v) is 13.3. The van der Waals surface area contributed by atoms with E-state index in [4.69, 9.17) is 9.97 Å². The van der Waals surface area contributed by atoms with E-state index in [9.17, 15) is 0 Å². The molecule has 0 saturated heterocycles. The highest BCUT2D eigenvalue weighted by atomic mass is 32.1. The Morgan fingerprint density at radius 3 is 1.72 bits per heavy atom. The average Bonchev–Trinajstić information content (AvgIpc) is 3.71. The molecule has 0 N–H and O–H groups in total. The first-order chi connectivity index (χ1) is 30.2. The first kappa shape index (κ1) is 35.2. The minimum atomic E-state index is 0.689. The monoisotopic (exact) mass is 792 g/mol. The molecule has 0 atom stereocenters. The molecule has 0 unspecified atom stereocenters. The zero-order chi connectivity index (χ0) is 40.3. The molecule has 12 rings (SSSR count). The fourth-order valence-corrected chi connectivity index (χ4v) is 10.2. The Bertz CT molecular complexity index is 3620. The van der Waals surface area contributed by atoms with Gasteiger partial charge < -0.3 is 0 Å². The Morgan fingerprint density at radius 1 is 0.279 bits per heavy atom. The highest BCUT2D eigenvalue weighted by Gasteiger charge is 2.17. The summed E-state index contributed by atoms with van der Waals surface area (Å²) in [4.78, 5) is 10.6. The van der Waals surface area contributed by atoms with Crippen LogP contribution in [0.4, 0.5) is 0 Å². The second kappa shape index (κ2) is 14.5. The van der Waals surface area contributed by atoms with Crippen molar-refractivity contribution in [3.63, 3.8) is 0 Å². The summed E-state index contributed by atoms with van der Waals surface area (Å²) < 4.78 is 2.63. The van der Waals surface area contributed by atoms with E-state index >= 15 is 0 Å². The Labute approximate surface area is 357 Å². The number of benzene rings is 10. The van der Waals surface area contributed by atoms with E-state index in [-0.39, 0.29) is 0 Å². The zero-order valence-electron chi connectivity index (χ0n) is 33.1. The number of aromatic nitrogens is 2. The topological polar surface area (TPSA) is 25.8 Å². The Kier molecular flexibility index (Phi) is 8.39. The van der Waals surface area contributed by atoms with E-state index in [1.54, 1.807) is 0 Å². The van der Waals surface area contributed by atoms with Crippen LogP contribution in [0, 0.1) is 0 Å². The van der Waals surface area contributed by atoms with Crippen molar-refractivity contribution in [1.82, 2.24) is 9.97 Å². The number of fused-ring (bicyclic) bond motifs is 7. The van der Waals surface area contributed by atoms with Crippen molar-refractivity contribution in [2.45, 2.75) is 0 Å². The van der Waals surface area contributed by atoms with E-state index in [0.717, 1.165) is 44.8 Å². The number of hydrogen-bond acceptors (Lipinski definition) is 3. The van der Waals surface area contributed by atoms with Crippen LogP contribution in [0.5, 0.6) is 0 Å². The van der Waals surface area contributed by atoms with Crippen LogP contribution in [-0.2, 0) is 0 Å². The van der Waals surface area contributed by atoms with E-state index in [1.165, 1.54) is 69.2 Å². The molecule has 0 aliphatic rings. The van der Waals surface area contributed by atoms with E-state index in [2.05, 4.69) is 218 Å². The van der Waals surface area contributed by atoms with Gasteiger partial charge in [-0.2, -0.15) is 0 Å². The van der Waals surface area contributed by atoms with Crippen molar-refractivity contribution in [3.8, 4) is 67.3 Å². The molecule has 61 heavy (non-hydrogen) atoms. The minimum absolute atomic E-state index is 0.689. The van der Waals surface area contributed by atoms with Gasteiger partial charge in [0.05, 0.1) is 11.4 Å². The molecule has 2 aromatic heterocycles. The van der Waals surface area contributed by atoms with Crippen molar-refractivity contribution in [3.05, 3.63) is 218 Å². The van der Waals surface area contributed by atoms with E-state index in [1.807, 2.05) is 11.3 Å². The summed E-state index contributed by atoms with van der Waals surface area (Å²) in [6.07, 6.45) is 0. The lowest BCUT2D eigenvalue weighted by Gasteiger charge is -2.15. The van der Waals surface area contributed by atoms with E-state index in [0.29, 0.717) is 5.82 Å². The summed E-state index contributed by atoms with van der Waals surface area (Å²) in [6.45, 7) is 0. The molecule has 10 aromatic carbocycles. The quantitative estimate of drug-likeness (QED) is 0.124. The number of thiophene rings is 1. The van der Waals surface area contributed by atoms with E-state index < -0.39 is 0 Å². The van der Waals surface area contributed by atoms with Crippen molar-refractivity contribution in [2.24, 2.45) is 0 Å². The average molecular weight is 793 g/mol. The van der Waals surface area contributed by atoms with Crippen LogP contribution in [0.3, 0.4) is 0 Å². The number of hydrogen-bond donors (Lipinski definition) is 0. The summed E-state index contributed by atoms with van der Waals surface area (Å²) in [5, 5.41) is 10.1. The maximum atomic E-state index is 5.33. The molecule has 0 amide bonds. The smallest absolute Gasteiger partial charge is 0.160 e. The largest absolute Gasteiger partial charge is 0.228 e. The molecule has 0 spiro atoms. The van der Waals surface area contributed by atoms with Gasteiger partial charge in [-0.05, 0) is 96.0 Å². The second-order valence-electron chi connectivity index (χ2n) is 15.7. The highest BCUT2D eigenvalue weighted by molar-refractivity contribution is 7.25. The number of nitrogens with zero attached hydrogens (tertiary/aromatic N) is 2. The van der Waals surface area contributed by atoms with Crippen molar-refractivity contribution >= 4 is 63.8 Å². The van der Waals surface area contributed by atoms with Crippen LogP contribution in [0.15, 0.2) is 218 Å². The van der Waals surface area contributed by atoms with Crippen molar-refractivity contribution in [1.29, 1.82) is 0 Å². The molecule has 2 nitrogen and oxygen atoms in total. The van der Waals surface area contributed by atoms with Crippen molar-refractivity contribution < 1.29 is 0 Å². The van der Waals surface area contributed by atoms with Gasteiger partial charge in [0.1, 0.15) is 0 Å². The Hall–Kier alpha value is -7.72. The first-order valence-corrected chi connectivity index (χ1v) is 21.5. The Balaban J connectivity index is 0.983. The standard InChI is InChI=1S/C58H36N2S/c1-2-12-38(13-3-1)45-16-8-9-19-48(45)54-36-53(40-24-22-37(23-25-40)43-31-33-56-52(34-43)49-20-10-11-21-55(49)61-56)59-58(60-54)42-28-26-41(27-29-42)57-47-18-7-5-15-44(47)35-51-46-17-6-4-14-39(46)30-32-50(51)57/h1-36H. The first-order valence-electron chi connectivity index (χ1n) is 20.7. The molecular weight excluding hydrogens is 757 g/mol. The summed E-state index contributed by atoms with van der Waals surface area (Å²) in [6, 6.07) is 78.7. The van der Waals surface area contributed by atoms with Gasteiger partial charge in [-0.1, -0.05) is 188 Å². The van der Waals surface area contributed by atoms with Crippen LogP contribution in [0.2, 0.25) is 0 Å². The van der Waals surface area contributed by atoms with Gasteiger partial charge in [-0.15, -0.1) is 11.3 Å². The van der Waals surface area contributed by atoms with Crippen LogP contribution >= 0.6 is 11.3 Å². The van der Waals surface area contributed by atoms with Gasteiger partial charge in [-0.3, -0.25) is 0 Å². The molecule has 12 aromatic rings. The number of rotatable bonds is 6. The van der Waals surface area contributed by atoms with Gasteiger partial charge in [0.2, 0.25) is 0 Å². The molecule has 0 radical (unpaired) electrons. The molecular formula is C58H36N2S. The normalized spacial score (nSPS) is 11.6. The third-order valence-electron chi connectivity index (χ3n) is 12.1. The maximum absolute atomic E-state index is 5.33. The fraction of sp³-hybridized carbons (Fsp3) is 0. The second-order valence-corrected chi connectivity index (χ2v) is 16.8. The molecule has 2 heterocycles. The SMILES string of the molecule is c1ccc(-c2ccccc2-c2cc(-c3ccc(-c4ccc5sc6ccccc6c5c4)cc3)nc(-c3ccc(-c4c5ccccc5cc5c4ccc4ccccc45)cc3)n2)cc1. The lowest BCUT2D eigenvalue weighted by Crippen LogP contribution is -1.97. The Morgan fingerprint density at radius 2 is 0.885 bits per heavy atom. The summed E-state index contributed by atoms with van der Waals surface area (Å²) in [7, 11) is 0. The van der Waals surface area contributed by atoms with Gasteiger partial charge in [-0.25, -0.2) is 9.97 Å². The molecule has 0 aliphatic carbocycles. The van der Waals surface area contributed by atoms with Crippen molar-refractivity contribution in [2.75, 3.05) is 0 Å². The lowest BCUT2D eigenvalue weighted by atomic mass is 9.89. The van der Waals surface area contributed by atoms with Gasteiger partial charge >= 0.3 is 0 Å². The van der Waals surface area contributed by atoms with Crippen LogP contribution < -0.4 is 0 Å². The molecule has 0 fully saturated rings. The maximum Gasteiger partial charge on any atom is 0.160 e. The zero-order valence-corrected chi connectivity index (χ0v) is 33.9. The minimum Gasteiger partial charge on any atom is -0.228 e. The van der Waals surface area contributed by atoms with Crippen LogP contribution in [0.25, 0.3) is 120 Å². The van der Waals surface area contributed by atoms with Gasteiger partial charge in [0.25, 0.3) is 0 Å². The lowest BCUT2D eigenvalue weighted by molar-refractivity contribution is 1.18.